The van der Waals surface area contributed by atoms with Crippen LogP contribution in [0.25, 0.3) is 0 Å². The average Bonchev–Trinajstić information content (AvgIpc) is 2.50. The maximum Gasteiger partial charge on any atom is 0.134 e. The quantitative estimate of drug-likeness (QED) is 0.940. The van der Waals surface area contributed by atoms with Gasteiger partial charge >= 0.3 is 0 Å². The second-order valence-electron chi connectivity index (χ2n) is 4.68. The molecule has 1 atom stereocenters. The topological polar surface area (TPSA) is 44.5 Å². The second kappa shape index (κ2) is 6.10. The number of ether oxygens (including phenoxy) is 2. The third kappa shape index (κ3) is 2.83. The first-order valence-corrected chi connectivity index (χ1v) is 6.41. The van der Waals surface area contributed by atoms with Gasteiger partial charge in [0.2, 0.25) is 0 Å². The Morgan fingerprint density at radius 1 is 1.05 bits per heavy atom. The molecule has 1 unspecified atom stereocenters. The van der Waals surface area contributed by atoms with Gasteiger partial charge in [-0.1, -0.05) is 6.07 Å². The Labute approximate surface area is 122 Å². The van der Waals surface area contributed by atoms with E-state index in [9.17, 15) is 8.78 Å². The number of aryl methyl sites for hydroxylation is 1. The summed E-state index contributed by atoms with van der Waals surface area (Å²) in [6.07, 6.45) is 0. The maximum atomic E-state index is 14.2. The van der Waals surface area contributed by atoms with Crippen LogP contribution in [-0.2, 0) is 0 Å². The van der Waals surface area contributed by atoms with Crippen LogP contribution in [0, 0.1) is 18.6 Å². The Balaban J connectivity index is 2.59. The molecule has 0 saturated carbocycles. The number of methoxy groups -OCH3 is 2. The molecule has 2 aromatic rings. The van der Waals surface area contributed by atoms with Crippen LogP contribution in [0.3, 0.4) is 0 Å². The van der Waals surface area contributed by atoms with Gasteiger partial charge < -0.3 is 15.2 Å². The summed E-state index contributed by atoms with van der Waals surface area (Å²) in [4.78, 5) is 0. The zero-order chi connectivity index (χ0) is 15.6. The monoisotopic (exact) mass is 293 g/mol. The molecule has 2 N–H and O–H groups in total. The standard InChI is InChI=1S/C16H17F2NO2/c1-9-4-6-12(17)14(15(9)18)16(19)11-8-10(20-2)5-7-13(11)21-3/h4-8,16H,19H2,1-3H3. The molecule has 2 rings (SSSR count). The molecule has 5 heteroatoms. The Hall–Kier alpha value is -2.14. The first-order chi connectivity index (χ1) is 9.99. The molecule has 0 bridgehead atoms. The van der Waals surface area contributed by atoms with Crippen molar-refractivity contribution in [2.75, 3.05) is 14.2 Å². The van der Waals surface area contributed by atoms with Gasteiger partial charge in [0.15, 0.2) is 0 Å². The third-order valence-corrected chi connectivity index (χ3v) is 3.40. The van der Waals surface area contributed by atoms with Crippen LogP contribution in [0.2, 0.25) is 0 Å². The number of halogens is 2. The zero-order valence-electron chi connectivity index (χ0n) is 12.1. The normalized spacial score (nSPS) is 12.1. The fraction of sp³-hybridized carbons (Fsp3) is 0.250. The predicted octanol–water partition coefficient (Wildman–Crippen LogP) is 3.34. The molecule has 0 saturated heterocycles. The molecule has 21 heavy (non-hydrogen) atoms. The molecule has 0 heterocycles. The molecule has 0 fully saturated rings. The summed E-state index contributed by atoms with van der Waals surface area (Å²) in [6, 6.07) is 6.56. The van der Waals surface area contributed by atoms with Crippen LogP contribution in [0.15, 0.2) is 30.3 Å². The van der Waals surface area contributed by atoms with Crippen molar-refractivity contribution in [2.45, 2.75) is 13.0 Å². The largest absolute Gasteiger partial charge is 0.497 e. The van der Waals surface area contributed by atoms with E-state index in [-0.39, 0.29) is 5.56 Å². The van der Waals surface area contributed by atoms with Crippen LogP contribution in [0.1, 0.15) is 22.7 Å². The average molecular weight is 293 g/mol. The van der Waals surface area contributed by atoms with E-state index in [0.717, 1.165) is 0 Å². The molecule has 0 radical (unpaired) electrons. The van der Waals surface area contributed by atoms with Gasteiger partial charge in [-0.3, -0.25) is 0 Å². The lowest BCUT2D eigenvalue weighted by atomic mass is 9.96. The van der Waals surface area contributed by atoms with E-state index in [1.54, 1.807) is 25.1 Å². The van der Waals surface area contributed by atoms with Crippen molar-refractivity contribution in [2.24, 2.45) is 5.73 Å². The molecule has 0 aliphatic carbocycles. The highest BCUT2D eigenvalue weighted by Crippen LogP contribution is 2.34. The van der Waals surface area contributed by atoms with Gasteiger partial charge in [0, 0.05) is 11.1 Å². The van der Waals surface area contributed by atoms with Crippen LogP contribution < -0.4 is 15.2 Å². The van der Waals surface area contributed by atoms with Crippen LogP contribution >= 0.6 is 0 Å². The van der Waals surface area contributed by atoms with E-state index in [0.29, 0.717) is 22.6 Å². The molecule has 112 valence electrons. The predicted molar refractivity (Wildman–Crippen MR) is 76.7 cm³/mol. The lowest BCUT2D eigenvalue weighted by Gasteiger charge is -2.19. The molecule has 0 aromatic heterocycles. The SMILES string of the molecule is COc1ccc(OC)c(C(N)c2c(F)ccc(C)c2F)c1. The number of rotatable bonds is 4. The van der Waals surface area contributed by atoms with Crippen molar-refractivity contribution >= 4 is 0 Å². The third-order valence-electron chi connectivity index (χ3n) is 3.40. The highest BCUT2D eigenvalue weighted by molar-refractivity contribution is 5.47. The minimum Gasteiger partial charge on any atom is -0.497 e. The minimum atomic E-state index is -0.991. The van der Waals surface area contributed by atoms with E-state index in [2.05, 4.69) is 0 Å². The Bertz CT molecular complexity index is 659. The van der Waals surface area contributed by atoms with Gasteiger partial charge in [-0.15, -0.1) is 0 Å². The van der Waals surface area contributed by atoms with Crippen LogP contribution in [-0.4, -0.2) is 14.2 Å². The van der Waals surface area contributed by atoms with Gasteiger partial charge in [0.25, 0.3) is 0 Å². The summed E-state index contributed by atoms with van der Waals surface area (Å²) in [5.74, 6) is -0.346. The van der Waals surface area contributed by atoms with Crippen LogP contribution in [0.4, 0.5) is 8.78 Å². The summed E-state index contributed by atoms with van der Waals surface area (Å²) in [6.45, 7) is 1.56. The van der Waals surface area contributed by atoms with E-state index in [4.69, 9.17) is 15.2 Å². The molecule has 0 spiro atoms. The van der Waals surface area contributed by atoms with Crippen LogP contribution in [0.5, 0.6) is 11.5 Å². The van der Waals surface area contributed by atoms with Crippen molar-refractivity contribution in [1.82, 2.24) is 0 Å². The van der Waals surface area contributed by atoms with Crippen molar-refractivity contribution in [3.05, 3.63) is 58.7 Å². The number of benzene rings is 2. The number of hydrogen-bond donors (Lipinski definition) is 1. The van der Waals surface area contributed by atoms with E-state index in [1.807, 2.05) is 0 Å². The van der Waals surface area contributed by atoms with Gasteiger partial charge in [-0.05, 0) is 36.8 Å². The fourth-order valence-corrected chi connectivity index (χ4v) is 2.20. The molecule has 0 amide bonds. The summed E-state index contributed by atoms with van der Waals surface area (Å²) >= 11 is 0. The lowest BCUT2D eigenvalue weighted by Crippen LogP contribution is -2.17. The first-order valence-electron chi connectivity index (χ1n) is 6.41. The van der Waals surface area contributed by atoms with Gasteiger partial charge in [0.05, 0.1) is 20.3 Å². The lowest BCUT2D eigenvalue weighted by molar-refractivity contribution is 0.396. The summed E-state index contributed by atoms with van der Waals surface area (Å²) in [5.41, 5.74) is 6.69. The van der Waals surface area contributed by atoms with Crippen molar-refractivity contribution in [1.29, 1.82) is 0 Å². The van der Waals surface area contributed by atoms with E-state index >= 15 is 0 Å². The first kappa shape index (κ1) is 15.3. The Morgan fingerprint density at radius 2 is 1.76 bits per heavy atom. The highest BCUT2D eigenvalue weighted by Gasteiger charge is 2.23. The van der Waals surface area contributed by atoms with E-state index < -0.39 is 17.7 Å². The van der Waals surface area contributed by atoms with Crippen molar-refractivity contribution < 1.29 is 18.3 Å². The number of nitrogens with two attached hydrogens (primary N) is 1. The second-order valence-corrected chi connectivity index (χ2v) is 4.68. The smallest absolute Gasteiger partial charge is 0.134 e. The van der Waals surface area contributed by atoms with Crippen molar-refractivity contribution in [3.8, 4) is 11.5 Å². The van der Waals surface area contributed by atoms with E-state index in [1.165, 1.54) is 26.4 Å². The summed E-state index contributed by atoms with van der Waals surface area (Å²) < 4.78 is 38.6. The number of hydrogen-bond acceptors (Lipinski definition) is 3. The van der Waals surface area contributed by atoms with Gasteiger partial charge in [0.1, 0.15) is 23.1 Å². The summed E-state index contributed by atoms with van der Waals surface area (Å²) in [7, 11) is 2.98. The Kier molecular flexibility index (Phi) is 4.43. The highest BCUT2D eigenvalue weighted by atomic mass is 19.1. The van der Waals surface area contributed by atoms with Gasteiger partial charge in [-0.2, -0.15) is 0 Å². The molecular formula is C16H17F2NO2. The maximum absolute atomic E-state index is 14.2. The van der Waals surface area contributed by atoms with Crippen molar-refractivity contribution in [3.63, 3.8) is 0 Å². The minimum absolute atomic E-state index is 0.179. The molecular weight excluding hydrogens is 276 g/mol. The summed E-state index contributed by atoms with van der Waals surface area (Å²) in [5, 5.41) is 0. The van der Waals surface area contributed by atoms with Gasteiger partial charge in [-0.25, -0.2) is 8.78 Å². The fourth-order valence-electron chi connectivity index (χ4n) is 2.20. The molecule has 2 aromatic carbocycles. The molecule has 0 aliphatic rings. The molecule has 0 aliphatic heterocycles. The Morgan fingerprint density at radius 3 is 2.38 bits per heavy atom. The molecule has 3 nitrogen and oxygen atoms in total. The zero-order valence-corrected chi connectivity index (χ0v) is 12.1.